The largest absolute Gasteiger partial charge is 0.481 e. The molecule has 1 heterocycles. The number of methoxy groups -OCH3 is 1. The summed E-state index contributed by atoms with van der Waals surface area (Å²) in [5.74, 6) is -1.30. The molecule has 21 heavy (non-hydrogen) atoms. The van der Waals surface area contributed by atoms with E-state index in [2.05, 4.69) is 0 Å². The first kappa shape index (κ1) is 15.9. The zero-order chi connectivity index (χ0) is 15.5. The number of nitrogens with zero attached hydrogens (tertiary/aromatic N) is 1. The molecular weight excluding hydrogens is 294 g/mol. The highest BCUT2D eigenvalue weighted by atomic mass is 32.2. The molecule has 0 saturated carbocycles. The molecule has 1 aliphatic rings. The van der Waals surface area contributed by atoms with E-state index in [1.54, 1.807) is 31.4 Å². The Morgan fingerprint density at radius 1 is 1.38 bits per heavy atom. The summed E-state index contributed by atoms with van der Waals surface area (Å²) in [6.07, 6.45) is 0.707. The Balaban J connectivity index is 2.15. The lowest BCUT2D eigenvalue weighted by Gasteiger charge is -2.29. The predicted octanol–water partition coefficient (Wildman–Crippen LogP) is 1.32. The van der Waals surface area contributed by atoms with E-state index in [4.69, 9.17) is 9.84 Å². The molecule has 0 bridgehead atoms. The third-order valence-electron chi connectivity index (χ3n) is 3.65. The van der Waals surface area contributed by atoms with Crippen molar-refractivity contribution in [2.45, 2.75) is 24.3 Å². The first-order valence-corrected chi connectivity index (χ1v) is 8.20. The summed E-state index contributed by atoms with van der Waals surface area (Å²) in [6, 6.07) is 6.64. The van der Waals surface area contributed by atoms with Crippen molar-refractivity contribution in [2.24, 2.45) is 5.92 Å². The van der Waals surface area contributed by atoms with Gasteiger partial charge in [-0.05, 0) is 30.5 Å². The molecular formula is C14H19NO5S. The number of aliphatic carboxylic acids is 1. The van der Waals surface area contributed by atoms with Crippen LogP contribution in [-0.2, 0) is 26.2 Å². The summed E-state index contributed by atoms with van der Waals surface area (Å²) >= 11 is 0. The molecule has 2 rings (SSSR count). The van der Waals surface area contributed by atoms with Crippen LogP contribution in [0, 0.1) is 5.92 Å². The van der Waals surface area contributed by atoms with Crippen molar-refractivity contribution in [3.63, 3.8) is 0 Å². The fraction of sp³-hybridized carbons (Fsp3) is 0.500. The molecule has 0 spiro atoms. The predicted molar refractivity (Wildman–Crippen MR) is 76.3 cm³/mol. The highest BCUT2D eigenvalue weighted by Crippen LogP contribution is 2.24. The summed E-state index contributed by atoms with van der Waals surface area (Å²) < 4.78 is 31.5. The molecule has 1 aromatic rings. The van der Waals surface area contributed by atoms with Crippen molar-refractivity contribution in [3.8, 4) is 0 Å². The van der Waals surface area contributed by atoms with Gasteiger partial charge in [0.2, 0.25) is 10.0 Å². The number of carbonyl (C=O) groups is 1. The standard InChI is InChI=1S/C14H19NO5S/c1-20-10-11-3-2-4-13(9-11)21(18,19)15-7-5-12(6-8-15)14(16)17/h2-4,9,12H,5-8,10H2,1H3,(H,16,17). The smallest absolute Gasteiger partial charge is 0.306 e. The van der Waals surface area contributed by atoms with Gasteiger partial charge < -0.3 is 9.84 Å². The first-order valence-electron chi connectivity index (χ1n) is 6.76. The monoisotopic (exact) mass is 313 g/mol. The SMILES string of the molecule is COCc1cccc(S(=O)(=O)N2CCC(C(=O)O)CC2)c1. The Kier molecular flexibility index (Phi) is 4.97. The fourth-order valence-corrected chi connectivity index (χ4v) is 4.00. The van der Waals surface area contributed by atoms with Gasteiger partial charge >= 0.3 is 5.97 Å². The Bertz CT molecular complexity index is 606. The second-order valence-corrected chi connectivity index (χ2v) is 7.03. The van der Waals surface area contributed by atoms with Crippen molar-refractivity contribution >= 4 is 16.0 Å². The minimum atomic E-state index is -3.57. The van der Waals surface area contributed by atoms with E-state index in [1.165, 1.54) is 4.31 Å². The molecule has 0 aromatic heterocycles. The number of carboxylic acid groups (broad SMARTS) is 1. The lowest BCUT2D eigenvalue weighted by molar-refractivity contribution is -0.142. The van der Waals surface area contributed by atoms with Gasteiger partial charge in [-0.3, -0.25) is 4.79 Å². The van der Waals surface area contributed by atoms with E-state index in [1.807, 2.05) is 0 Å². The van der Waals surface area contributed by atoms with Crippen LogP contribution >= 0.6 is 0 Å². The molecule has 1 saturated heterocycles. The van der Waals surface area contributed by atoms with Crippen LogP contribution in [0.4, 0.5) is 0 Å². The highest BCUT2D eigenvalue weighted by molar-refractivity contribution is 7.89. The summed E-state index contributed by atoms with van der Waals surface area (Å²) in [7, 11) is -2.01. The van der Waals surface area contributed by atoms with Gasteiger partial charge in [0, 0.05) is 20.2 Å². The summed E-state index contributed by atoms with van der Waals surface area (Å²) in [5, 5.41) is 8.96. The van der Waals surface area contributed by atoms with Gasteiger partial charge in [-0.25, -0.2) is 8.42 Å². The third kappa shape index (κ3) is 3.61. The van der Waals surface area contributed by atoms with Crippen LogP contribution in [0.2, 0.25) is 0 Å². The number of ether oxygens (including phenoxy) is 1. The van der Waals surface area contributed by atoms with Crippen LogP contribution in [-0.4, -0.2) is 44.0 Å². The van der Waals surface area contributed by atoms with Gasteiger partial charge in [0.1, 0.15) is 0 Å². The Morgan fingerprint density at radius 3 is 2.62 bits per heavy atom. The van der Waals surface area contributed by atoms with Crippen molar-refractivity contribution in [3.05, 3.63) is 29.8 Å². The quantitative estimate of drug-likeness (QED) is 0.886. The minimum absolute atomic E-state index is 0.228. The van der Waals surface area contributed by atoms with Crippen molar-refractivity contribution in [1.29, 1.82) is 0 Å². The highest BCUT2D eigenvalue weighted by Gasteiger charge is 2.31. The summed E-state index contributed by atoms with van der Waals surface area (Å²) in [6.45, 7) is 0.839. The van der Waals surface area contributed by atoms with Crippen molar-refractivity contribution < 1.29 is 23.1 Å². The zero-order valence-corrected chi connectivity index (χ0v) is 12.7. The Morgan fingerprint density at radius 2 is 2.05 bits per heavy atom. The van der Waals surface area contributed by atoms with Crippen LogP contribution in [0.1, 0.15) is 18.4 Å². The number of sulfonamides is 1. The maximum atomic E-state index is 12.6. The number of hydrogen-bond donors (Lipinski definition) is 1. The number of carboxylic acids is 1. The molecule has 0 atom stereocenters. The lowest BCUT2D eigenvalue weighted by Crippen LogP contribution is -2.40. The van der Waals surface area contributed by atoms with Crippen LogP contribution in [0.5, 0.6) is 0 Å². The average Bonchev–Trinajstić information content (AvgIpc) is 2.48. The fourth-order valence-electron chi connectivity index (χ4n) is 2.45. The van der Waals surface area contributed by atoms with E-state index >= 15 is 0 Å². The Labute approximate surface area is 124 Å². The van der Waals surface area contributed by atoms with Crippen LogP contribution in [0.15, 0.2) is 29.2 Å². The van der Waals surface area contributed by atoms with Gasteiger partial charge in [-0.2, -0.15) is 4.31 Å². The van der Waals surface area contributed by atoms with E-state index in [-0.39, 0.29) is 18.0 Å². The number of piperidine rings is 1. The van der Waals surface area contributed by atoms with Crippen LogP contribution in [0.3, 0.4) is 0 Å². The van der Waals surface area contributed by atoms with E-state index < -0.39 is 21.9 Å². The van der Waals surface area contributed by atoms with E-state index in [0.29, 0.717) is 19.4 Å². The van der Waals surface area contributed by atoms with Crippen LogP contribution < -0.4 is 0 Å². The number of rotatable bonds is 5. The molecule has 6 nitrogen and oxygen atoms in total. The lowest BCUT2D eigenvalue weighted by atomic mass is 9.99. The van der Waals surface area contributed by atoms with Gasteiger partial charge in [0.15, 0.2) is 0 Å². The van der Waals surface area contributed by atoms with Crippen LogP contribution in [0.25, 0.3) is 0 Å². The second kappa shape index (κ2) is 6.55. The summed E-state index contributed by atoms with van der Waals surface area (Å²) in [5.41, 5.74) is 0.791. The Hall–Kier alpha value is -1.44. The first-order chi connectivity index (χ1) is 9.95. The number of benzene rings is 1. The molecule has 0 unspecified atom stereocenters. The zero-order valence-electron chi connectivity index (χ0n) is 11.9. The number of hydrogen-bond acceptors (Lipinski definition) is 4. The second-order valence-electron chi connectivity index (χ2n) is 5.10. The maximum Gasteiger partial charge on any atom is 0.306 e. The van der Waals surface area contributed by atoms with Gasteiger partial charge in [-0.1, -0.05) is 12.1 Å². The molecule has 7 heteroatoms. The molecule has 1 N–H and O–H groups in total. The average molecular weight is 313 g/mol. The molecule has 1 aliphatic heterocycles. The van der Waals surface area contributed by atoms with Gasteiger partial charge in [0.05, 0.1) is 17.4 Å². The van der Waals surface area contributed by atoms with E-state index in [0.717, 1.165) is 5.56 Å². The summed E-state index contributed by atoms with van der Waals surface area (Å²) in [4.78, 5) is 11.1. The normalized spacial score (nSPS) is 17.8. The van der Waals surface area contributed by atoms with Gasteiger partial charge in [0.25, 0.3) is 0 Å². The van der Waals surface area contributed by atoms with Crippen molar-refractivity contribution in [1.82, 2.24) is 4.31 Å². The third-order valence-corrected chi connectivity index (χ3v) is 5.55. The molecule has 0 amide bonds. The molecule has 0 aliphatic carbocycles. The molecule has 0 radical (unpaired) electrons. The van der Waals surface area contributed by atoms with E-state index in [9.17, 15) is 13.2 Å². The molecule has 116 valence electrons. The van der Waals surface area contributed by atoms with Gasteiger partial charge in [-0.15, -0.1) is 0 Å². The minimum Gasteiger partial charge on any atom is -0.481 e. The van der Waals surface area contributed by atoms with Crippen molar-refractivity contribution in [2.75, 3.05) is 20.2 Å². The molecule has 1 fully saturated rings. The topological polar surface area (TPSA) is 83.9 Å². The molecule has 1 aromatic carbocycles. The maximum absolute atomic E-state index is 12.6.